The van der Waals surface area contributed by atoms with E-state index in [0.29, 0.717) is 18.8 Å². The van der Waals surface area contributed by atoms with Crippen molar-refractivity contribution in [3.8, 4) is 0 Å². The van der Waals surface area contributed by atoms with Gasteiger partial charge in [-0.1, -0.05) is 48.5 Å². The SMILES string of the molecule is CO[C@@H]([C@H](O)[13CH2]C(=O)[13C@@H]([13CH3])[13C@@H](O)[13CH2]C[13C@@H]([13CH3])[13C@@H]1O[C@]2([13CH2]C[13C@@H]([13CH3])[13C@H]([13CH2]C[13C@H]([13CH3])[13C]([13CH3])=O)O2)[13CH2][13CH2][13C@@H]1[13CH3])[C@H](OC(=O)[13CH2][13C@@H](O)[13C]1=[13C]([13CH3])[13C](=O)OC1=O)[13CH]([13CH3])[13CH3]. The van der Waals surface area contributed by atoms with Crippen LogP contribution in [-0.4, -0.2) is 100 Å². The molecule has 0 aromatic heterocycles. The summed E-state index contributed by atoms with van der Waals surface area (Å²) in [5.41, 5.74) is -0.403. The Kier molecular flexibility index (Phi) is 17.0. The summed E-state index contributed by atoms with van der Waals surface area (Å²) in [5, 5.41) is 32.7. The number of carbonyl (C=O) groups excluding carboxylic acids is 5. The summed E-state index contributed by atoms with van der Waals surface area (Å²) in [4.78, 5) is 61.6. The lowest BCUT2D eigenvalue weighted by atomic mass is 10.2. The van der Waals surface area contributed by atoms with Gasteiger partial charge in [0, 0.05) is 43.8 Å². The Morgan fingerprint density at radius 3 is 2.04 bits per heavy atom. The van der Waals surface area contributed by atoms with Gasteiger partial charge >= 0.3 is 17.9 Å². The summed E-state index contributed by atoms with van der Waals surface area (Å²) >= 11 is 0. The number of carbonyl (C=O) groups is 5. The van der Waals surface area contributed by atoms with Crippen molar-refractivity contribution in [2.45, 2.75) is 175 Å². The maximum Gasteiger partial charge on any atom is 0.345 e. The van der Waals surface area contributed by atoms with Gasteiger partial charge in [0.25, 0.3) is 0 Å². The molecule has 0 aliphatic carbocycles. The van der Waals surface area contributed by atoms with Crippen molar-refractivity contribution >= 4 is 29.5 Å². The zero-order valence-electron chi connectivity index (χ0n) is 34.0. The molecule has 2 saturated heterocycles. The monoisotopic (exact) mass is 797 g/mol. The molecule has 308 valence electrons. The molecule has 0 radical (unpaired) electrons. The molecule has 3 aliphatic heterocycles. The summed E-state index contributed by atoms with van der Waals surface area (Å²) < 4.78 is 29.1. The Labute approximate surface area is 320 Å². The van der Waals surface area contributed by atoms with Crippen LogP contribution in [0.15, 0.2) is 11.1 Å². The Hall–Kier alpha value is -2.55. The van der Waals surface area contributed by atoms with Gasteiger partial charge < -0.3 is 39.0 Å². The molecule has 3 heterocycles. The van der Waals surface area contributed by atoms with Gasteiger partial charge in [-0.25, -0.2) is 9.59 Å². The fourth-order valence-corrected chi connectivity index (χ4v) is 8.02. The first-order valence-corrected chi connectivity index (χ1v) is 19.8. The average Bonchev–Trinajstić information content (AvgIpc) is 3.37. The number of cyclic esters (lactones) is 2. The number of esters is 3. The molecule has 0 aromatic rings. The predicted molar refractivity (Wildman–Crippen MR) is 197 cm³/mol. The van der Waals surface area contributed by atoms with E-state index in [1.54, 1.807) is 27.7 Å². The lowest BCUT2D eigenvalue weighted by Gasteiger charge is -2.51. The predicted octanol–water partition coefficient (Wildman–Crippen LogP) is 4.79. The molecule has 13 atom stereocenters. The maximum absolute atomic E-state index is 13.3. The molecule has 54 heavy (non-hydrogen) atoms. The number of aliphatic hydroxyl groups is 3. The Bertz CT molecular complexity index is 1350. The molecule has 13 nitrogen and oxygen atoms in total. The van der Waals surface area contributed by atoms with Gasteiger partial charge in [0.2, 0.25) is 0 Å². The zero-order chi connectivity index (χ0) is 40.7. The Balaban J connectivity index is 1.54. The molecule has 3 aliphatic rings. The molecule has 0 unspecified atom stereocenters. The molecule has 0 bridgehead atoms. The van der Waals surface area contributed by atoms with Crippen molar-refractivity contribution in [2.24, 2.45) is 35.5 Å². The number of Topliss-reactive ketones (excluding diaryl/α,β-unsaturated/α-hetero) is 2. The van der Waals surface area contributed by atoms with E-state index in [2.05, 4.69) is 25.5 Å². The quantitative estimate of drug-likeness (QED) is 0.0867. The van der Waals surface area contributed by atoms with Crippen molar-refractivity contribution in [2.75, 3.05) is 7.11 Å². The van der Waals surface area contributed by atoms with Crippen LogP contribution in [0, 0.1) is 35.5 Å². The number of hydrogen-bond donors (Lipinski definition) is 3. The van der Waals surface area contributed by atoms with E-state index in [1.807, 2.05) is 6.92 Å². The molecular formula is C41H66O13. The second-order valence-electron chi connectivity index (χ2n) is 16.8. The van der Waals surface area contributed by atoms with Gasteiger partial charge in [-0.05, 0) is 76.0 Å². The minimum Gasteiger partial charge on any atom is -0.459 e. The molecule has 0 aromatic carbocycles. The molecule has 3 N–H and O–H groups in total. The molecule has 13 heteroatoms. The van der Waals surface area contributed by atoms with E-state index < -0.39 is 66.6 Å². The number of methoxy groups -OCH3 is 1. The van der Waals surface area contributed by atoms with E-state index in [9.17, 15) is 39.3 Å². The van der Waals surface area contributed by atoms with Crippen LogP contribution < -0.4 is 0 Å². The number of rotatable bonds is 20. The van der Waals surface area contributed by atoms with E-state index >= 15 is 0 Å². The topological polar surface area (TPSA) is 192 Å². The van der Waals surface area contributed by atoms with Crippen LogP contribution in [0.2, 0.25) is 0 Å². The van der Waals surface area contributed by atoms with Crippen LogP contribution in [0.3, 0.4) is 0 Å². The zero-order valence-corrected chi connectivity index (χ0v) is 34.0. The van der Waals surface area contributed by atoms with Gasteiger partial charge in [-0.2, -0.15) is 0 Å². The van der Waals surface area contributed by atoms with Crippen molar-refractivity contribution in [1.29, 1.82) is 0 Å². The van der Waals surface area contributed by atoms with E-state index in [1.165, 1.54) is 14.0 Å². The van der Waals surface area contributed by atoms with Crippen LogP contribution in [0.5, 0.6) is 0 Å². The number of hydrogen-bond acceptors (Lipinski definition) is 13. The summed E-state index contributed by atoms with van der Waals surface area (Å²) in [6.07, 6.45) is -1.03. The molecule has 0 saturated carbocycles. The van der Waals surface area contributed by atoms with Crippen LogP contribution in [0.25, 0.3) is 0 Å². The fourth-order valence-electron chi connectivity index (χ4n) is 8.02. The highest BCUT2D eigenvalue weighted by atomic mass is 16.8. The third kappa shape index (κ3) is 11.7. The average molecular weight is 797 g/mol. The van der Waals surface area contributed by atoms with E-state index in [4.69, 9.17) is 18.9 Å². The highest BCUT2D eigenvalue weighted by molar-refractivity contribution is 6.12. The van der Waals surface area contributed by atoms with Gasteiger partial charge in [0.15, 0.2) is 5.79 Å². The van der Waals surface area contributed by atoms with Crippen LogP contribution in [-0.2, 0) is 47.7 Å². The van der Waals surface area contributed by atoms with Gasteiger partial charge in [0.1, 0.15) is 23.8 Å². The minimum atomic E-state index is -1.63. The van der Waals surface area contributed by atoms with Gasteiger partial charge in [-0.15, -0.1) is 0 Å². The summed E-state index contributed by atoms with van der Waals surface area (Å²) in [7, 11) is 1.32. The van der Waals surface area contributed by atoms with Crippen molar-refractivity contribution in [3.63, 3.8) is 0 Å². The number of ketones is 2. The highest BCUT2D eigenvalue weighted by Gasteiger charge is 2.48. The van der Waals surface area contributed by atoms with Crippen LogP contribution >= 0.6 is 0 Å². The standard InChI is InChI=1S/C41H66O13/c1-21(2)36(51-34(47)20-31(45)35-27(8)39(48)52-40(35)49)38(50-10)32(46)19-30(44)26(7)29(43)13-11-24(5)37-25(6)16-18-41(54-37)17-15-23(4)33(53-41)14-12-22(3)28(9)42/h21-26,29,31-33,36-38,43,45-46H,11-20H2,1-10H3/t22-,23+,24+,25-,26-,29-,31+,32+,33-,36+,37-,38-,41+/m0/s1/i1+1,2+1,3+1,4+1,5+1,6+1,7+1,8+1,9+1,13+1,14+1,16+1,17+1,18+1,19+1,20+1,21+1,22+1,23+1,24+1,25+1,26+1,27+1,28+1,29+1,31+1,33+1,35+1,37+1,39+1. The third-order valence-electron chi connectivity index (χ3n) is 12.1. The normalized spacial score (nSPS) is 29.3. The van der Waals surface area contributed by atoms with Crippen molar-refractivity contribution in [3.05, 3.63) is 11.1 Å². The van der Waals surface area contributed by atoms with Crippen molar-refractivity contribution in [1.82, 2.24) is 0 Å². The van der Waals surface area contributed by atoms with Crippen LogP contribution in [0.4, 0.5) is 0 Å². The molecule has 1 spiro atoms. The van der Waals surface area contributed by atoms with Gasteiger partial charge in [-0.3, -0.25) is 14.4 Å². The number of aliphatic hydroxyl groups excluding tert-OH is 3. The Morgan fingerprint density at radius 2 is 1.48 bits per heavy atom. The summed E-state index contributed by atoms with van der Waals surface area (Å²) in [6.45, 7) is 16.5. The summed E-state index contributed by atoms with van der Waals surface area (Å²) in [5.74, 6) is -4.07. The first-order valence-electron chi connectivity index (χ1n) is 19.8. The molecule has 3 rings (SSSR count). The molecule has 0 amide bonds. The highest BCUT2D eigenvalue weighted by Crippen LogP contribution is 2.45. The number of ether oxygens (including phenoxy) is 5. The first-order chi connectivity index (χ1) is 25.2. The van der Waals surface area contributed by atoms with Crippen molar-refractivity contribution < 1.29 is 63.0 Å². The smallest absolute Gasteiger partial charge is 0.345 e. The fraction of sp³-hybridized carbons (Fsp3) is 0.829. The van der Waals surface area contributed by atoms with E-state index in [0.717, 1.165) is 38.5 Å². The lowest BCUT2D eigenvalue weighted by molar-refractivity contribution is -0.338. The minimum absolute atomic E-state index is 0.00210. The first kappa shape index (κ1) is 45.8. The second kappa shape index (κ2) is 20.0. The Morgan fingerprint density at radius 1 is 0.852 bits per heavy atom. The second-order valence-corrected chi connectivity index (χ2v) is 16.8. The largest absolute Gasteiger partial charge is 0.459 e. The third-order valence-corrected chi connectivity index (χ3v) is 12.1. The molecule has 2 fully saturated rings. The summed E-state index contributed by atoms with van der Waals surface area (Å²) in [6, 6.07) is 0. The van der Waals surface area contributed by atoms with E-state index in [-0.39, 0.29) is 65.0 Å². The van der Waals surface area contributed by atoms with Crippen LogP contribution in [0.1, 0.15) is 127 Å². The maximum atomic E-state index is 13.3. The molecular weight excluding hydrogens is 730 g/mol. The lowest BCUT2D eigenvalue weighted by Crippen LogP contribution is -2.53. The van der Waals surface area contributed by atoms with Gasteiger partial charge in [0.05, 0.1) is 42.5 Å².